The summed E-state index contributed by atoms with van der Waals surface area (Å²) in [5, 5.41) is 18.4. The summed E-state index contributed by atoms with van der Waals surface area (Å²) in [6.45, 7) is 4.70. The van der Waals surface area contributed by atoms with Gasteiger partial charge >= 0.3 is 5.69 Å². The lowest BCUT2D eigenvalue weighted by atomic mass is 10.2. The van der Waals surface area contributed by atoms with E-state index in [-0.39, 0.29) is 10.6 Å². The maximum absolute atomic E-state index is 11.1. The molecule has 0 saturated heterocycles. The largest absolute Gasteiger partial charge is 0.364 e. The molecule has 1 rings (SSSR count). The number of nitrogens with zero attached hydrogens (tertiary/aromatic N) is 3. The molecule has 0 aliphatic carbocycles. The summed E-state index contributed by atoms with van der Waals surface area (Å²) in [5.41, 5.74) is 0.638. The van der Waals surface area contributed by atoms with E-state index in [1.807, 2.05) is 6.92 Å². The van der Waals surface area contributed by atoms with E-state index in [2.05, 4.69) is 23.6 Å². The minimum atomic E-state index is -0.354. The van der Waals surface area contributed by atoms with E-state index in [0.717, 1.165) is 5.75 Å². The van der Waals surface area contributed by atoms with E-state index >= 15 is 0 Å². The Kier molecular flexibility index (Phi) is 5.46. The molecule has 0 aliphatic heterocycles. The summed E-state index contributed by atoms with van der Waals surface area (Å²) < 4.78 is 1.56. The van der Waals surface area contributed by atoms with Crippen molar-refractivity contribution in [2.45, 2.75) is 20.3 Å². The van der Waals surface area contributed by atoms with E-state index < -0.39 is 0 Å². The molecule has 7 heteroatoms. The molecule has 0 fully saturated rings. The smallest absolute Gasteiger partial charge is 0.333 e. The molecule has 102 valence electrons. The predicted molar refractivity (Wildman–Crippen MR) is 75.3 cm³/mol. The van der Waals surface area contributed by atoms with Crippen molar-refractivity contribution in [1.29, 1.82) is 0 Å². The molecule has 1 aromatic heterocycles. The highest BCUT2D eigenvalue weighted by molar-refractivity contribution is 7.98. The normalized spacial score (nSPS) is 12.4. The van der Waals surface area contributed by atoms with Crippen LogP contribution < -0.4 is 5.32 Å². The van der Waals surface area contributed by atoms with Gasteiger partial charge in [0.05, 0.1) is 4.92 Å². The fourth-order valence-corrected chi connectivity index (χ4v) is 2.50. The fourth-order valence-electron chi connectivity index (χ4n) is 1.81. The maximum Gasteiger partial charge on any atom is 0.333 e. The number of rotatable bonds is 7. The molecule has 6 nitrogen and oxygen atoms in total. The van der Waals surface area contributed by atoms with Crippen LogP contribution in [0.4, 0.5) is 11.5 Å². The lowest BCUT2D eigenvalue weighted by Gasteiger charge is -2.11. The average molecular weight is 272 g/mol. The Hall–Kier alpha value is -1.24. The van der Waals surface area contributed by atoms with Gasteiger partial charge in [0, 0.05) is 13.6 Å². The zero-order valence-electron chi connectivity index (χ0n) is 11.3. The fraction of sp³-hybridized carbons (Fsp3) is 0.727. The van der Waals surface area contributed by atoms with Gasteiger partial charge in [0.1, 0.15) is 5.69 Å². The van der Waals surface area contributed by atoms with E-state index in [9.17, 15) is 10.1 Å². The lowest BCUT2D eigenvalue weighted by molar-refractivity contribution is -0.384. The highest BCUT2D eigenvalue weighted by Gasteiger charge is 2.25. The van der Waals surface area contributed by atoms with Gasteiger partial charge in [-0.1, -0.05) is 13.8 Å². The van der Waals surface area contributed by atoms with Crippen LogP contribution in [0.2, 0.25) is 0 Å². The second-order valence-electron chi connectivity index (χ2n) is 4.32. The molecule has 0 bridgehead atoms. The summed E-state index contributed by atoms with van der Waals surface area (Å²) in [4.78, 5) is 10.7. The van der Waals surface area contributed by atoms with Crippen molar-refractivity contribution in [3.05, 3.63) is 15.8 Å². The predicted octanol–water partition coefficient (Wildman–Crippen LogP) is 2.30. The molecule has 0 spiro atoms. The zero-order chi connectivity index (χ0) is 13.7. The topological polar surface area (TPSA) is 73.0 Å². The van der Waals surface area contributed by atoms with Crippen LogP contribution in [0.5, 0.6) is 0 Å². The van der Waals surface area contributed by atoms with Crippen molar-refractivity contribution in [3.63, 3.8) is 0 Å². The third-order valence-electron chi connectivity index (χ3n) is 2.68. The maximum atomic E-state index is 11.1. The number of anilines is 1. The molecule has 18 heavy (non-hydrogen) atoms. The summed E-state index contributed by atoms with van der Waals surface area (Å²) in [6, 6.07) is 0. The van der Waals surface area contributed by atoms with Crippen molar-refractivity contribution >= 4 is 23.3 Å². The first kappa shape index (κ1) is 14.8. The molecule has 0 saturated carbocycles. The lowest BCUT2D eigenvalue weighted by Crippen LogP contribution is -2.16. The van der Waals surface area contributed by atoms with E-state index in [4.69, 9.17) is 0 Å². The number of hydrogen-bond donors (Lipinski definition) is 1. The first-order valence-electron chi connectivity index (χ1n) is 5.94. The molecule has 0 aromatic carbocycles. The van der Waals surface area contributed by atoms with Crippen molar-refractivity contribution in [1.82, 2.24) is 9.78 Å². The molecule has 1 unspecified atom stereocenters. The molecule has 1 heterocycles. The summed E-state index contributed by atoms with van der Waals surface area (Å²) >= 11 is 1.77. The highest BCUT2D eigenvalue weighted by atomic mass is 32.2. The summed E-state index contributed by atoms with van der Waals surface area (Å²) in [6.07, 6.45) is 2.62. The van der Waals surface area contributed by atoms with E-state index in [0.29, 0.717) is 30.4 Å². The van der Waals surface area contributed by atoms with Crippen LogP contribution in [0.25, 0.3) is 0 Å². The van der Waals surface area contributed by atoms with Crippen LogP contribution in [0.1, 0.15) is 19.5 Å². The Balaban J connectivity index is 2.87. The van der Waals surface area contributed by atoms with Crippen molar-refractivity contribution in [2.24, 2.45) is 13.0 Å². The third kappa shape index (κ3) is 3.38. The number of hydrogen-bond acceptors (Lipinski definition) is 5. The highest BCUT2D eigenvalue weighted by Crippen LogP contribution is 2.28. The average Bonchev–Trinajstić information content (AvgIpc) is 2.63. The SMILES string of the molecule is CCc1nn(C)c(NCC(C)CSC)c1[N+](=O)[O-]. The van der Waals surface area contributed by atoms with Gasteiger partial charge in [-0.25, -0.2) is 4.68 Å². The molecular weight excluding hydrogens is 252 g/mol. The Morgan fingerprint density at radius 3 is 2.78 bits per heavy atom. The van der Waals surface area contributed by atoms with E-state index in [1.165, 1.54) is 0 Å². The molecule has 1 N–H and O–H groups in total. The molecule has 0 radical (unpaired) electrons. The number of nitro groups is 1. The monoisotopic (exact) mass is 272 g/mol. The Morgan fingerprint density at radius 2 is 2.28 bits per heavy atom. The first-order chi connectivity index (χ1) is 8.51. The van der Waals surface area contributed by atoms with Gasteiger partial charge in [-0.2, -0.15) is 16.9 Å². The number of aromatic nitrogens is 2. The molecular formula is C11H20N4O2S. The van der Waals surface area contributed by atoms with Gasteiger partial charge in [0.25, 0.3) is 0 Å². The molecule has 1 atom stereocenters. The van der Waals surface area contributed by atoms with Crippen LogP contribution in [0.15, 0.2) is 0 Å². The van der Waals surface area contributed by atoms with Crippen LogP contribution in [-0.2, 0) is 13.5 Å². The van der Waals surface area contributed by atoms with Crippen LogP contribution >= 0.6 is 11.8 Å². The van der Waals surface area contributed by atoms with Crippen LogP contribution in [0, 0.1) is 16.0 Å². The van der Waals surface area contributed by atoms with Crippen LogP contribution in [-0.4, -0.2) is 33.3 Å². The Morgan fingerprint density at radius 1 is 1.61 bits per heavy atom. The van der Waals surface area contributed by atoms with Crippen molar-refractivity contribution in [2.75, 3.05) is 23.9 Å². The molecule has 0 amide bonds. The quantitative estimate of drug-likeness (QED) is 0.609. The summed E-state index contributed by atoms with van der Waals surface area (Å²) in [5.74, 6) is 1.99. The first-order valence-corrected chi connectivity index (χ1v) is 7.33. The number of nitrogens with one attached hydrogen (secondary N) is 1. The van der Waals surface area contributed by atoms with Gasteiger partial charge in [0.15, 0.2) is 0 Å². The third-order valence-corrected chi connectivity index (χ3v) is 3.58. The summed E-state index contributed by atoms with van der Waals surface area (Å²) in [7, 11) is 1.73. The Bertz CT molecular complexity index is 419. The van der Waals surface area contributed by atoms with Gasteiger partial charge in [0.2, 0.25) is 5.82 Å². The second kappa shape index (κ2) is 6.63. The van der Waals surface area contributed by atoms with Crippen molar-refractivity contribution < 1.29 is 4.92 Å². The van der Waals surface area contributed by atoms with Gasteiger partial charge in [-0.3, -0.25) is 10.1 Å². The molecule has 0 aliphatic rings. The minimum absolute atomic E-state index is 0.108. The zero-order valence-corrected chi connectivity index (χ0v) is 12.1. The van der Waals surface area contributed by atoms with Gasteiger partial charge in [-0.05, 0) is 24.3 Å². The second-order valence-corrected chi connectivity index (χ2v) is 5.23. The van der Waals surface area contributed by atoms with Crippen molar-refractivity contribution in [3.8, 4) is 0 Å². The van der Waals surface area contributed by atoms with Gasteiger partial charge < -0.3 is 5.32 Å². The minimum Gasteiger partial charge on any atom is -0.364 e. The number of thioether (sulfide) groups is 1. The van der Waals surface area contributed by atoms with E-state index in [1.54, 1.807) is 23.5 Å². The Labute approximate surface area is 111 Å². The standard InChI is InChI=1S/C11H20N4O2S/c1-5-9-10(15(16)17)11(14(3)13-9)12-6-8(2)7-18-4/h8,12H,5-7H2,1-4H3. The van der Waals surface area contributed by atoms with Crippen LogP contribution in [0.3, 0.4) is 0 Å². The molecule has 1 aromatic rings. The van der Waals surface area contributed by atoms with Gasteiger partial charge in [-0.15, -0.1) is 0 Å². The number of aryl methyl sites for hydroxylation is 2.